The third-order valence-corrected chi connectivity index (χ3v) is 8.61. The van der Waals surface area contributed by atoms with Gasteiger partial charge in [0.15, 0.2) is 0 Å². The fourth-order valence-electron chi connectivity index (χ4n) is 4.19. The number of aryl methyl sites for hydroxylation is 3. The number of hydrazone groups is 1. The van der Waals surface area contributed by atoms with Crippen LogP contribution in [0.2, 0.25) is 0 Å². The van der Waals surface area contributed by atoms with E-state index in [1.165, 1.54) is 12.1 Å². The summed E-state index contributed by atoms with van der Waals surface area (Å²) >= 11 is 3.51. The second-order valence-electron chi connectivity index (χ2n) is 9.03. The Morgan fingerprint density at radius 2 is 1.68 bits per heavy atom. The van der Waals surface area contributed by atoms with E-state index in [9.17, 15) is 13.2 Å². The average molecular weight is 594 g/mol. The Morgan fingerprint density at radius 1 is 0.947 bits per heavy atom. The first-order valence-corrected chi connectivity index (χ1v) is 14.2. The molecule has 0 aliphatic heterocycles. The van der Waals surface area contributed by atoms with Crippen molar-refractivity contribution in [3.05, 3.63) is 111 Å². The fraction of sp³-hybridized carbons (Fsp3) is 0.172. The first-order valence-electron chi connectivity index (χ1n) is 12.0. The maximum atomic E-state index is 13.5. The Hall–Kier alpha value is -3.69. The van der Waals surface area contributed by atoms with Crippen molar-refractivity contribution in [2.45, 2.75) is 32.6 Å². The SMILES string of the molecule is Cc1ccc(N(CC(=O)N/N=C/c2cc(C)n(-c3cccc(Br)c3)c2C)S(=O)(=O)c2ccccc2)cc1C. The van der Waals surface area contributed by atoms with Crippen molar-refractivity contribution in [2.75, 3.05) is 10.8 Å². The molecular weight excluding hydrogens is 564 g/mol. The van der Waals surface area contributed by atoms with Gasteiger partial charge in [0.1, 0.15) is 6.54 Å². The highest BCUT2D eigenvalue weighted by molar-refractivity contribution is 9.10. The van der Waals surface area contributed by atoms with E-state index < -0.39 is 22.5 Å². The first-order chi connectivity index (χ1) is 18.1. The number of nitrogens with zero attached hydrogens (tertiary/aromatic N) is 3. The molecule has 0 unspecified atom stereocenters. The molecule has 0 fully saturated rings. The van der Waals surface area contributed by atoms with Crippen molar-refractivity contribution in [3.8, 4) is 5.69 Å². The summed E-state index contributed by atoms with van der Waals surface area (Å²) in [5, 5.41) is 4.13. The van der Waals surface area contributed by atoms with Crippen LogP contribution in [0.1, 0.15) is 28.1 Å². The summed E-state index contributed by atoms with van der Waals surface area (Å²) in [6, 6.07) is 23.4. The zero-order valence-corrected chi connectivity index (χ0v) is 24.0. The van der Waals surface area contributed by atoms with Gasteiger partial charge in [0.2, 0.25) is 0 Å². The van der Waals surface area contributed by atoms with E-state index in [4.69, 9.17) is 0 Å². The lowest BCUT2D eigenvalue weighted by Gasteiger charge is -2.24. The van der Waals surface area contributed by atoms with Gasteiger partial charge in [-0.15, -0.1) is 0 Å². The van der Waals surface area contributed by atoms with Gasteiger partial charge in [-0.2, -0.15) is 5.10 Å². The van der Waals surface area contributed by atoms with Gasteiger partial charge in [-0.25, -0.2) is 13.8 Å². The van der Waals surface area contributed by atoms with E-state index in [2.05, 4.69) is 31.0 Å². The minimum absolute atomic E-state index is 0.106. The van der Waals surface area contributed by atoms with Crippen LogP contribution in [0.5, 0.6) is 0 Å². The van der Waals surface area contributed by atoms with Crippen molar-refractivity contribution >= 4 is 43.8 Å². The average Bonchev–Trinajstić information content (AvgIpc) is 3.17. The maximum absolute atomic E-state index is 13.5. The quantitative estimate of drug-likeness (QED) is 0.207. The van der Waals surface area contributed by atoms with Crippen molar-refractivity contribution in [3.63, 3.8) is 0 Å². The third kappa shape index (κ3) is 5.89. The number of aromatic nitrogens is 1. The normalized spacial score (nSPS) is 11.6. The molecule has 1 aromatic heterocycles. The zero-order valence-electron chi connectivity index (χ0n) is 21.6. The van der Waals surface area contributed by atoms with Crippen LogP contribution in [0.15, 0.2) is 93.3 Å². The molecule has 1 N–H and O–H groups in total. The Kier molecular flexibility index (Phi) is 8.18. The summed E-state index contributed by atoms with van der Waals surface area (Å²) < 4.78 is 31.2. The molecule has 0 saturated carbocycles. The standard InChI is InChI=1S/C29H29BrN4O3S/c1-20-13-14-26(15-21(20)2)33(38(36,37)28-11-6-5-7-12-28)19-29(35)32-31-18-24-16-22(3)34(23(24)4)27-10-8-9-25(30)17-27/h5-18H,19H2,1-4H3,(H,32,35)/b31-18+. The molecule has 4 rings (SSSR count). The summed E-state index contributed by atoms with van der Waals surface area (Å²) in [6.07, 6.45) is 1.57. The lowest BCUT2D eigenvalue weighted by Crippen LogP contribution is -2.39. The van der Waals surface area contributed by atoms with Gasteiger partial charge < -0.3 is 4.57 Å². The molecule has 9 heteroatoms. The van der Waals surface area contributed by atoms with Crippen LogP contribution in [0.25, 0.3) is 5.69 Å². The predicted molar refractivity (Wildman–Crippen MR) is 156 cm³/mol. The zero-order chi connectivity index (χ0) is 27.4. The highest BCUT2D eigenvalue weighted by Crippen LogP contribution is 2.26. The molecule has 0 atom stereocenters. The van der Waals surface area contributed by atoms with Crippen LogP contribution in [0, 0.1) is 27.7 Å². The predicted octanol–water partition coefficient (Wildman–Crippen LogP) is 5.82. The number of hydrogen-bond donors (Lipinski definition) is 1. The summed E-state index contributed by atoms with van der Waals surface area (Å²) in [6.45, 7) is 7.41. The minimum atomic E-state index is -3.99. The Morgan fingerprint density at radius 3 is 2.37 bits per heavy atom. The molecule has 0 spiro atoms. The minimum Gasteiger partial charge on any atom is -0.318 e. The highest BCUT2D eigenvalue weighted by Gasteiger charge is 2.27. The fourth-order valence-corrected chi connectivity index (χ4v) is 6.01. The molecule has 7 nitrogen and oxygen atoms in total. The van der Waals surface area contributed by atoms with E-state index in [0.717, 1.165) is 42.5 Å². The second-order valence-corrected chi connectivity index (χ2v) is 11.8. The van der Waals surface area contributed by atoms with Crippen LogP contribution >= 0.6 is 15.9 Å². The number of carbonyl (C=O) groups is 1. The molecule has 0 radical (unpaired) electrons. The molecule has 1 heterocycles. The number of carbonyl (C=O) groups excluding carboxylic acids is 1. The number of anilines is 1. The molecule has 0 aliphatic rings. The van der Waals surface area contributed by atoms with Gasteiger partial charge in [0.25, 0.3) is 15.9 Å². The summed E-state index contributed by atoms with van der Waals surface area (Å²) in [7, 11) is -3.99. The molecular formula is C29H29BrN4O3S. The number of halogens is 1. The van der Waals surface area contributed by atoms with Gasteiger partial charge in [-0.1, -0.05) is 46.3 Å². The molecule has 1 amide bonds. The lowest BCUT2D eigenvalue weighted by molar-refractivity contribution is -0.119. The van der Waals surface area contributed by atoms with Crippen molar-refractivity contribution in [1.29, 1.82) is 0 Å². The summed E-state index contributed by atoms with van der Waals surface area (Å²) in [5.41, 5.74) is 8.68. The van der Waals surface area contributed by atoms with Crippen molar-refractivity contribution < 1.29 is 13.2 Å². The van der Waals surface area contributed by atoms with Crippen LogP contribution in [0.3, 0.4) is 0 Å². The van der Waals surface area contributed by atoms with Crippen LogP contribution in [0.4, 0.5) is 5.69 Å². The molecule has 196 valence electrons. The first kappa shape index (κ1) is 27.3. The highest BCUT2D eigenvalue weighted by atomic mass is 79.9. The Balaban J connectivity index is 1.56. The van der Waals surface area contributed by atoms with Gasteiger partial charge in [0, 0.05) is 27.1 Å². The van der Waals surface area contributed by atoms with E-state index >= 15 is 0 Å². The number of benzene rings is 3. The molecule has 38 heavy (non-hydrogen) atoms. The van der Waals surface area contributed by atoms with Gasteiger partial charge in [-0.05, 0) is 87.4 Å². The number of rotatable bonds is 8. The van der Waals surface area contributed by atoms with E-state index in [1.807, 2.05) is 64.1 Å². The van der Waals surface area contributed by atoms with Crippen LogP contribution in [-0.2, 0) is 14.8 Å². The molecule has 3 aromatic carbocycles. The number of hydrogen-bond acceptors (Lipinski definition) is 4. The van der Waals surface area contributed by atoms with Crippen molar-refractivity contribution in [2.24, 2.45) is 5.10 Å². The monoisotopic (exact) mass is 592 g/mol. The Labute approximate surface area is 232 Å². The number of sulfonamides is 1. The summed E-state index contributed by atoms with van der Waals surface area (Å²) in [5.74, 6) is -0.556. The van der Waals surface area contributed by atoms with E-state index in [0.29, 0.717) is 5.69 Å². The summed E-state index contributed by atoms with van der Waals surface area (Å²) in [4.78, 5) is 13.0. The number of amides is 1. The smallest absolute Gasteiger partial charge is 0.264 e. The molecule has 0 bridgehead atoms. The van der Waals surface area contributed by atoms with Crippen molar-refractivity contribution in [1.82, 2.24) is 9.99 Å². The molecule has 4 aromatic rings. The van der Waals surface area contributed by atoms with Crippen LogP contribution < -0.4 is 9.73 Å². The van der Waals surface area contributed by atoms with Gasteiger partial charge in [-0.3, -0.25) is 9.10 Å². The number of nitrogens with one attached hydrogen (secondary N) is 1. The van der Waals surface area contributed by atoms with Gasteiger partial charge in [0.05, 0.1) is 16.8 Å². The lowest BCUT2D eigenvalue weighted by atomic mass is 10.1. The van der Waals surface area contributed by atoms with Crippen LogP contribution in [-0.4, -0.2) is 31.7 Å². The second kappa shape index (κ2) is 11.4. The molecule has 0 aliphatic carbocycles. The maximum Gasteiger partial charge on any atom is 0.264 e. The largest absolute Gasteiger partial charge is 0.318 e. The van der Waals surface area contributed by atoms with Gasteiger partial charge >= 0.3 is 0 Å². The third-order valence-electron chi connectivity index (χ3n) is 6.33. The van der Waals surface area contributed by atoms with E-state index in [1.54, 1.807) is 36.5 Å². The van der Waals surface area contributed by atoms with E-state index in [-0.39, 0.29) is 4.90 Å². The topological polar surface area (TPSA) is 83.8 Å². The molecule has 0 saturated heterocycles. The Bertz CT molecular complexity index is 1610.